The number of rotatable bonds is 6. The summed E-state index contributed by atoms with van der Waals surface area (Å²) in [7, 11) is 3.16. The predicted molar refractivity (Wildman–Crippen MR) is 96.2 cm³/mol. The van der Waals surface area contributed by atoms with E-state index in [-0.39, 0.29) is 5.56 Å². The molecule has 3 aromatic rings. The van der Waals surface area contributed by atoms with Gasteiger partial charge in [-0.3, -0.25) is 0 Å². The van der Waals surface area contributed by atoms with Crippen LogP contribution in [0.4, 0.5) is 0 Å². The highest BCUT2D eigenvalue weighted by Gasteiger charge is 2.17. The van der Waals surface area contributed by atoms with E-state index in [2.05, 4.69) is 10.1 Å². The van der Waals surface area contributed by atoms with Gasteiger partial charge >= 0.3 is 5.97 Å². The van der Waals surface area contributed by atoms with Crippen molar-refractivity contribution in [3.63, 3.8) is 0 Å². The number of ether oxygens (including phenoxy) is 2. The average Bonchev–Trinajstić information content (AvgIpc) is 3.11. The normalized spacial score (nSPS) is 10.6. The molecule has 3 rings (SSSR count). The number of carboxylic acid groups (broad SMARTS) is 1. The van der Waals surface area contributed by atoms with Gasteiger partial charge in [-0.15, -0.1) is 0 Å². The number of aryl methyl sites for hydroxylation is 1. The van der Waals surface area contributed by atoms with Crippen molar-refractivity contribution < 1.29 is 19.4 Å². The summed E-state index contributed by atoms with van der Waals surface area (Å²) in [6, 6.07) is 12.0. The van der Waals surface area contributed by atoms with E-state index in [1.54, 1.807) is 43.2 Å². The lowest BCUT2D eigenvalue weighted by Gasteiger charge is -2.12. The van der Waals surface area contributed by atoms with Crippen LogP contribution in [0.25, 0.3) is 17.1 Å². The van der Waals surface area contributed by atoms with Crippen LogP contribution in [0.1, 0.15) is 23.1 Å². The molecule has 0 radical (unpaired) electrons. The van der Waals surface area contributed by atoms with Gasteiger partial charge in [0.1, 0.15) is 17.2 Å². The number of benzene rings is 2. The molecule has 134 valence electrons. The monoisotopic (exact) mass is 353 g/mol. The number of hydrogen-bond donors (Lipinski definition) is 1. The van der Waals surface area contributed by atoms with Crippen molar-refractivity contribution in [2.45, 2.75) is 13.3 Å². The summed E-state index contributed by atoms with van der Waals surface area (Å²) in [6.45, 7) is 1.96. The van der Waals surface area contributed by atoms with E-state index < -0.39 is 5.97 Å². The lowest BCUT2D eigenvalue weighted by atomic mass is 10.1. The first-order valence-corrected chi connectivity index (χ1v) is 8.09. The average molecular weight is 353 g/mol. The molecule has 26 heavy (non-hydrogen) atoms. The van der Waals surface area contributed by atoms with Crippen molar-refractivity contribution in [1.29, 1.82) is 0 Å². The number of carbonyl (C=O) groups is 1. The molecule has 7 heteroatoms. The van der Waals surface area contributed by atoms with Crippen molar-refractivity contribution in [3.8, 4) is 28.6 Å². The topological polar surface area (TPSA) is 86.5 Å². The maximum Gasteiger partial charge on any atom is 0.335 e. The Hall–Kier alpha value is -3.35. The van der Waals surface area contributed by atoms with Gasteiger partial charge in [0, 0.05) is 18.1 Å². The molecule has 0 atom stereocenters. The highest BCUT2D eigenvalue weighted by Crippen LogP contribution is 2.31. The maximum absolute atomic E-state index is 11.3. The molecule has 0 bridgehead atoms. The molecular formula is C19H19N3O4. The van der Waals surface area contributed by atoms with E-state index in [4.69, 9.17) is 9.47 Å². The molecule has 0 aliphatic carbocycles. The Kier molecular flexibility index (Phi) is 4.88. The zero-order chi connectivity index (χ0) is 18.7. The van der Waals surface area contributed by atoms with E-state index in [0.29, 0.717) is 40.8 Å². The molecule has 1 heterocycles. The molecule has 0 spiro atoms. The fraction of sp³-hybridized carbons (Fsp3) is 0.211. The molecule has 0 unspecified atom stereocenters. The fourth-order valence-electron chi connectivity index (χ4n) is 2.61. The molecule has 0 saturated carbocycles. The number of nitrogens with zero attached hydrogens (tertiary/aromatic N) is 3. The molecule has 1 aromatic heterocycles. The van der Waals surface area contributed by atoms with Crippen LogP contribution in [0.15, 0.2) is 42.5 Å². The number of methoxy groups -OCH3 is 2. The summed E-state index contributed by atoms with van der Waals surface area (Å²) in [5, 5.41) is 13.8. The summed E-state index contributed by atoms with van der Waals surface area (Å²) in [5.41, 5.74) is 1.54. The van der Waals surface area contributed by atoms with Crippen LogP contribution in [0, 0.1) is 0 Å². The summed E-state index contributed by atoms with van der Waals surface area (Å²) < 4.78 is 12.4. The minimum atomic E-state index is -0.990. The number of hydrogen-bond acceptors (Lipinski definition) is 5. The van der Waals surface area contributed by atoms with Crippen LogP contribution in [0.3, 0.4) is 0 Å². The molecule has 2 aromatic carbocycles. The standard InChI is InChI=1S/C19H19N3O4/c1-4-17-20-18(12-6-5-7-13(10-12)19(23)24)22(21-17)15-9-8-14(25-2)11-16(15)26-3/h5-11H,4H2,1-3H3,(H,23,24). The van der Waals surface area contributed by atoms with Crippen LogP contribution in [-0.2, 0) is 6.42 Å². The minimum Gasteiger partial charge on any atom is -0.497 e. The SMILES string of the molecule is CCc1nc(-c2cccc(C(=O)O)c2)n(-c2ccc(OC)cc2OC)n1. The number of aromatic nitrogens is 3. The van der Waals surface area contributed by atoms with E-state index in [0.717, 1.165) is 0 Å². The zero-order valence-electron chi connectivity index (χ0n) is 14.8. The Balaban J connectivity index is 2.19. The highest BCUT2D eigenvalue weighted by molar-refractivity contribution is 5.89. The van der Waals surface area contributed by atoms with Crippen LogP contribution in [0.2, 0.25) is 0 Å². The van der Waals surface area contributed by atoms with E-state index in [9.17, 15) is 9.90 Å². The summed E-state index contributed by atoms with van der Waals surface area (Å²) in [5.74, 6) is 1.45. The lowest BCUT2D eigenvalue weighted by molar-refractivity contribution is 0.0697. The Morgan fingerprint density at radius 2 is 1.96 bits per heavy atom. The Bertz CT molecular complexity index is 950. The Morgan fingerprint density at radius 1 is 1.15 bits per heavy atom. The van der Waals surface area contributed by atoms with Gasteiger partial charge in [0.25, 0.3) is 0 Å². The van der Waals surface area contributed by atoms with Crippen molar-refractivity contribution in [3.05, 3.63) is 53.9 Å². The van der Waals surface area contributed by atoms with Crippen LogP contribution in [-0.4, -0.2) is 40.1 Å². The second kappa shape index (κ2) is 7.26. The second-order valence-corrected chi connectivity index (χ2v) is 5.54. The lowest BCUT2D eigenvalue weighted by Crippen LogP contribution is -2.04. The van der Waals surface area contributed by atoms with Gasteiger partial charge in [-0.05, 0) is 24.3 Å². The first-order chi connectivity index (χ1) is 12.6. The van der Waals surface area contributed by atoms with Crippen molar-refractivity contribution >= 4 is 5.97 Å². The summed E-state index contributed by atoms with van der Waals surface area (Å²) >= 11 is 0. The highest BCUT2D eigenvalue weighted by atomic mass is 16.5. The molecule has 7 nitrogen and oxygen atoms in total. The van der Waals surface area contributed by atoms with Gasteiger partial charge in [0.05, 0.1) is 19.8 Å². The largest absolute Gasteiger partial charge is 0.497 e. The smallest absolute Gasteiger partial charge is 0.335 e. The fourth-order valence-corrected chi connectivity index (χ4v) is 2.61. The third-order valence-corrected chi connectivity index (χ3v) is 3.95. The quantitative estimate of drug-likeness (QED) is 0.732. The summed E-state index contributed by atoms with van der Waals surface area (Å²) in [4.78, 5) is 15.9. The van der Waals surface area contributed by atoms with Crippen LogP contribution < -0.4 is 9.47 Å². The van der Waals surface area contributed by atoms with E-state index >= 15 is 0 Å². The third kappa shape index (κ3) is 3.23. The van der Waals surface area contributed by atoms with Crippen molar-refractivity contribution in [2.75, 3.05) is 14.2 Å². The first-order valence-electron chi connectivity index (χ1n) is 8.09. The van der Waals surface area contributed by atoms with Gasteiger partial charge in [-0.25, -0.2) is 14.5 Å². The molecule has 0 saturated heterocycles. The number of carboxylic acids is 1. The van der Waals surface area contributed by atoms with Gasteiger partial charge in [-0.2, -0.15) is 5.10 Å². The third-order valence-electron chi connectivity index (χ3n) is 3.95. The zero-order valence-corrected chi connectivity index (χ0v) is 14.8. The first kappa shape index (κ1) is 17.5. The van der Waals surface area contributed by atoms with Crippen LogP contribution in [0.5, 0.6) is 11.5 Å². The predicted octanol–water partition coefficient (Wildman–Crippen LogP) is 3.21. The van der Waals surface area contributed by atoms with Crippen LogP contribution >= 0.6 is 0 Å². The molecular weight excluding hydrogens is 334 g/mol. The molecule has 0 aliphatic heterocycles. The van der Waals surface area contributed by atoms with Gasteiger partial charge < -0.3 is 14.6 Å². The summed E-state index contributed by atoms with van der Waals surface area (Å²) in [6.07, 6.45) is 0.650. The second-order valence-electron chi connectivity index (χ2n) is 5.54. The van der Waals surface area contributed by atoms with E-state index in [1.165, 1.54) is 0 Å². The Morgan fingerprint density at radius 3 is 2.62 bits per heavy atom. The molecule has 1 N–H and O–H groups in total. The van der Waals surface area contributed by atoms with Crippen molar-refractivity contribution in [2.24, 2.45) is 0 Å². The minimum absolute atomic E-state index is 0.191. The van der Waals surface area contributed by atoms with Gasteiger partial charge in [-0.1, -0.05) is 19.1 Å². The molecule has 0 fully saturated rings. The maximum atomic E-state index is 11.3. The van der Waals surface area contributed by atoms with E-state index in [1.807, 2.05) is 25.1 Å². The number of aromatic carboxylic acids is 1. The Labute approximate surface area is 150 Å². The van der Waals surface area contributed by atoms with Gasteiger partial charge in [0.15, 0.2) is 11.6 Å². The van der Waals surface area contributed by atoms with Gasteiger partial charge in [0.2, 0.25) is 0 Å². The van der Waals surface area contributed by atoms with Crippen molar-refractivity contribution in [1.82, 2.24) is 14.8 Å². The molecule has 0 aliphatic rings. The molecule has 0 amide bonds.